The molecule has 0 aliphatic carbocycles. The largest absolute Gasteiger partial charge is 0.311 e. The van der Waals surface area contributed by atoms with Crippen molar-refractivity contribution >= 4 is 13.5 Å². The first kappa shape index (κ1) is 20.9. The third kappa shape index (κ3) is 5.39. The third-order valence-corrected chi connectivity index (χ3v) is 7.25. The van der Waals surface area contributed by atoms with Crippen molar-refractivity contribution in [1.82, 2.24) is 19.4 Å². The minimum absolute atomic E-state index is 0.393. The van der Waals surface area contributed by atoms with Gasteiger partial charge in [-0.1, -0.05) is 60.7 Å². The van der Waals surface area contributed by atoms with Gasteiger partial charge in [0.05, 0.1) is 0 Å². The zero-order chi connectivity index (χ0) is 20.7. The molecule has 1 amide bonds. The van der Waals surface area contributed by atoms with Crippen molar-refractivity contribution in [3.05, 3.63) is 102 Å². The van der Waals surface area contributed by atoms with Gasteiger partial charge in [0.15, 0.2) is 0 Å². The Hall–Kier alpha value is -2.79. The van der Waals surface area contributed by atoms with Crippen molar-refractivity contribution in [1.29, 1.82) is 0 Å². The highest BCUT2D eigenvalue weighted by Gasteiger charge is 2.35. The van der Waals surface area contributed by atoms with Crippen LogP contribution >= 0.6 is 7.59 Å². The summed E-state index contributed by atoms with van der Waals surface area (Å²) >= 11 is 0. The van der Waals surface area contributed by atoms with Crippen molar-refractivity contribution in [2.45, 2.75) is 13.1 Å². The van der Waals surface area contributed by atoms with Crippen LogP contribution in [0.25, 0.3) is 0 Å². The lowest BCUT2D eigenvalue weighted by molar-refractivity contribution is 0.0974. The normalized spacial score (nSPS) is 11.6. The second kappa shape index (κ2) is 9.61. The molecule has 1 heterocycles. The van der Waals surface area contributed by atoms with E-state index in [9.17, 15) is 9.36 Å². The SMILES string of the molecule is CN(Cc1ccccc1)P(=O)(NC(=O)c1ccncc1)N(C)Cc1ccccc1. The van der Waals surface area contributed by atoms with Crippen LogP contribution in [0.15, 0.2) is 85.2 Å². The molecular formula is C22H25N4O2P. The number of nitrogens with one attached hydrogen (secondary N) is 1. The molecule has 0 aliphatic rings. The van der Waals surface area contributed by atoms with Crippen LogP contribution in [0.1, 0.15) is 21.5 Å². The average Bonchev–Trinajstić information content (AvgIpc) is 2.75. The summed E-state index contributed by atoms with van der Waals surface area (Å²) in [5.41, 5.74) is 2.45. The molecule has 7 heteroatoms. The van der Waals surface area contributed by atoms with Gasteiger partial charge >= 0.3 is 7.59 Å². The van der Waals surface area contributed by atoms with Crippen molar-refractivity contribution in [2.75, 3.05) is 14.1 Å². The molecule has 150 valence electrons. The van der Waals surface area contributed by atoms with Gasteiger partial charge in [-0.15, -0.1) is 0 Å². The first-order valence-electron chi connectivity index (χ1n) is 9.33. The van der Waals surface area contributed by atoms with Gasteiger partial charge in [0.1, 0.15) is 0 Å². The molecule has 29 heavy (non-hydrogen) atoms. The lowest BCUT2D eigenvalue weighted by Gasteiger charge is -2.35. The van der Waals surface area contributed by atoms with Crippen molar-refractivity contribution in [3.63, 3.8) is 0 Å². The average molecular weight is 408 g/mol. The zero-order valence-electron chi connectivity index (χ0n) is 16.6. The molecule has 0 radical (unpaired) electrons. The summed E-state index contributed by atoms with van der Waals surface area (Å²) in [7, 11) is 0.125. The number of amides is 1. The Bertz CT molecular complexity index is 916. The Kier molecular flexibility index (Phi) is 6.94. The maximum absolute atomic E-state index is 14.1. The quantitative estimate of drug-likeness (QED) is 0.567. The Morgan fingerprint density at radius 2 is 1.28 bits per heavy atom. The minimum Gasteiger partial charge on any atom is -0.279 e. The molecule has 3 rings (SSSR count). The summed E-state index contributed by atoms with van der Waals surface area (Å²) in [4.78, 5) is 16.7. The van der Waals surface area contributed by atoms with Crippen molar-refractivity contribution in [3.8, 4) is 0 Å². The van der Waals surface area contributed by atoms with E-state index in [-0.39, 0.29) is 0 Å². The molecule has 0 unspecified atom stereocenters. The summed E-state index contributed by atoms with van der Waals surface area (Å²) in [6.45, 7) is 0.877. The van der Waals surface area contributed by atoms with Crippen LogP contribution < -0.4 is 5.09 Å². The molecule has 3 aromatic rings. The minimum atomic E-state index is -3.41. The third-order valence-electron chi connectivity index (χ3n) is 4.62. The lowest BCUT2D eigenvalue weighted by Crippen LogP contribution is -2.37. The number of hydrogen-bond acceptors (Lipinski definition) is 3. The fourth-order valence-electron chi connectivity index (χ4n) is 3.02. The van der Waals surface area contributed by atoms with Crippen LogP contribution in [-0.4, -0.2) is 34.3 Å². The van der Waals surface area contributed by atoms with Gasteiger partial charge in [0.2, 0.25) is 0 Å². The van der Waals surface area contributed by atoms with Crippen LogP contribution in [0.3, 0.4) is 0 Å². The van der Waals surface area contributed by atoms with E-state index in [1.54, 1.807) is 48.0 Å². The van der Waals surface area contributed by atoms with E-state index in [0.717, 1.165) is 11.1 Å². The van der Waals surface area contributed by atoms with E-state index < -0.39 is 13.5 Å². The molecule has 1 aromatic heterocycles. The topological polar surface area (TPSA) is 65.5 Å². The van der Waals surface area contributed by atoms with Crippen LogP contribution in [0.2, 0.25) is 0 Å². The summed E-state index contributed by atoms with van der Waals surface area (Å²) in [5.74, 6) is -0.393. The molecule has 0 saturated heterocycles. The molecule has 0 aliphatic heterocycles. The van der Waals surface area contributed by atoms with Crippen LogP contribution in [0.5, 0.6) is 0 Å². The van der Waals surface area contributed by atoms with Gasteiger partial charge in [-0.05, 0) is 37.4 Å². The number of carbonyl (C=O) groups is 1. The molecule has 0 atom stereocenters. The monoisotopic (exact) mass is 408 g/mol. The van der Waals surface area contributed by atoms with Crippen LogP contribution in [0, 0.1) is 0 Å². The molecule has 2 aromatic carbocycles. The molecule has 0 spiro atoms. The van der Waals surface area contributed by atoms with Crippen LogP contribution in [0.4, 0.5) is 0 Å². The van der Waals surface area contributed by atoms with Gasteiger partial charge in [-0.3, -0.25) is 19.4 Å². The lowest BCUT2D eigenvalue weighted by atomic mass is 10.2. The number of carbonyl (C=O) groups excluding carboxylic acids is 1. The standard InChI is InChI=1S/C22H25N4O2P/c1-25(17-19-9-5-3-6-10-19)29(28,24-22(27)21-13-15-23-16-14-21)26(2)18-20-11-7-4-8-12-20/h3-16H,17-18H2,1-2H3,(H,24,27,28). The number of pyridine rings is 1. The Morgan fingerprint density at radius 1 is 0.828 bits per heavy atom. The van der Waals surface area contributed by atoms with Gasteiger partial charge < -0.3 is 0 Å². The van der Waals surface area contributed by atoms with Crippen molar-refractivity contribution in [2.24, 2.45) is 0 Å². The predicted molar refractivity (Wildman–Crippen MR) is 115 cm³/mol. The molecule has 0 saturated carbocycles. The van der Waals surface area contributed by atoms with Gasteiger partial charge in [0, 0.05) is 31.0 Å². The van der Waals surface area contributed by atoms with E-state index in [1.807, 2.05) is 60.7 Å². The smallest absolute Gasteiger partial charge is 0.279 e. The molecule has 1 N–H and O–H groups in total. The van der Waals surface area contributed by atoms with Gasteiger partial charge in [-0.2, -0.15) is 0 Å². The van der Waals surface area contributed by atoms with Crippen LogP contribution in [-0.2, 0) is 17.7 Å². The maximum Gasteiger partial charge on any atom is 0.311 e. The first-order valence-corrected chi connectivity index (χ1v) is 10.9. The number of benzene rings is 2. The summed E-state index contributed by atoms with van der Waals surface area (Å²) < 4.78 is 17.5. The number of nitrogens with zero attached hydrogens (tertiary/aromatic N) is 3. The summed E-state index contributed by atoms with van der Waals surface area (Å²) in [5, 5.41) is 2.79. The predicted octanol–water partition coefficient (Wildman–Crippen LogP) is 4.18. The number of hydrogen-bond donors (Lipinski definition) is 1. The number of rotatable bonds is 8. The highest BCUT2D eigenvalue weighted by molar-refractivity contribution is 7.57. The van der Waals surface area contributed by atoms with E-state index in [2.05, 4.69) is 10.1 Å². The second-order valence-corrected chi connectivity index (χ2v) is 9.50. The van der Waals surface area contributed by atoms with E-state index in [0.29, 0.717) is 18.7 Å². The number of aromatic nitrogens is 1. The molecule has 0 bridgehead atoms. The maximum atomic E-state index is 14.1. The highest BCUT2D eigenvalue weighted by Crippen LogP contribution is 2.49. The Morgan fingerprint density at radius 3 is 1.72 bits per heavy atom. The highest BCUT2D eigenvalue weighted by atomic mass is 31.2. The fraction of sp³-hybridized carbons (Fsp3) is 0.182. The van der Waals surface area contributed by atoms with Gasteiger partial charge in [-0.25, -0.2) is 9.34 Å². The van der Waals surface area contributed by atoms with Crippen molar-refractivity contribution < 1.29 is 9.36 Å². The molecule has 0 fully saturated rings. The van der Waals surface area contributed by atoms with Gasteiger partial charge in [0.25, 0.3) is 5.91 Å². The first-order chi connectivity index (χ1) is 14.0. The Balaban J connectivity index is 1.86. The second-order valence-electron chi connectivity index (χ2n) is 6.82. The van der Waals surface area contributed by atoms with E-state index in [1.165, 1.54) is 0 Å². The molecule has 6 nitrogen and oxygen atoms in total. The van der Waals surface area contributed by atoms with E-state index in [4.69, 9.17) is 0 Å². The van der Waals surface area contributed by atoms with E-state index >= 15 is 0 Å². The summed E-state index contributed by atoms with van der Waals surface area (Å²) in [6, 6.07) is 22.8. The Labute approximate surface area is 171 Å². The molecular weight excluding hydrogens is 383 g/mol. The zero-order valence-corrected chi connectivity index (χ0v) is 17.5. The fourth-order valence-corrected chi connectivity index (χ4v) is 4.98. The summed E-state index contributed by atoms with van der Waals surface area (Å²) in [6.07, 6.45) is 3.09.